The van der Waals surface area contributed by atoms with E-state index in [1.54, 1.807) is 0 Å². The molecule has 0 saturated heterocycles. The number of hydrogen-bond acceptors (Lipinski definition) is 2. The minimum Gasteiger partial charge on any atom is -0.311 e. The van der Waals surface area contributed by atoms with Crippen molar-refractivity contribution in [3.8, 4) is 11.1 Å². The lowest BCUT2D eigenvalue weighted by atomic mass is 9.32. The second-order valence-electron chi connectivity index (χ2n) is 27.9. The minimum atomic E-state index is -0.213. The molecular formula is C70H79BN2. The zero-order valence-electron chi connectivity index (χ0n) is 46.9. The zero-order valence-corrected chi connectivity index (χ0v) is 46.9. The van der Waals surface area contributed by atoms with Gasteiger partial charge in [0.05, 0.1) is 5.69 Å². The first-order valence-electron chi connectivity index (χ1n) is 27.8. The van der Waals surface area contributed by atoms with Crippen LogP contribution in [0.3, 0.4) is 0 Å². The largest absolute Gasteiger partial charge is 0.311 e. The van der Waals surface area contributed by atoms with Gasteiger partial charge in [-0.05, 0) is 198 Å². The molecule has 0 N–H and O–H groups in total. The molecule has 0 fully saturated rings. The Hall–Kier alpha value is -5.80. The average Bonchev–Trinajstić information content (AvgIpc) is 3.36. The van der Waals surface area contributed by atoms with E-state index >= 15 is 0 Å². The van der Waals surface area contributed by atoms with Gasteiger partial charge in [-0.2, -0.15) is 0 Å². The lowest BCUT2D eigenvalue weighted by Crippen LogP contribution is -2.62. The van der Waals surface area contributed by atoms with E-state index in [-0.39, 0.29) is 44.6 Å². The highest BCUT2D eigenvalue weighted by Crippen LogP contribution is 2.55. The number of aryl methyl sites for hydroxylation is 1. The molecule has 0 saturated carbocycles. The molecule has 0 amide bonds. The van der Waals surface area contributed by atoms with E-state index in [1.165, 1.54) is 144 Å². The Morgan fingerprint density at radius 3 is 1.34 bits per heavy atom. The zero-order chi connectivity index (χ0) is 51.6. The van der Waals surface area contributed by atoms with Crippen LogP contribution in [0.5, 0.6) is 0 Å². The maximum Gasteiger partial charge on any atom is 0.252 e. The summed E-state index contributed by atoms with van der Waals surface area (Å²) < 4.78 is 0. The smallest absolute Gasteiger partial charge is 0.252 e. The third-order valence-corrected chi connectivity index (χ3v) is 19.8. The fourth-order valence-corrected chi connectivity index (χ4v) is 14.5. The molecule has 0 bridgehead atoms. The molecule has 372 valence electrons. The minimum absolute atomic E-state index is 0.0279. The van der Waals surface area contributed by atoms with Gasteiger partial charge in [-0.25, -0.2) is 0 Å². The number of hydrogen-bond donors (Lipinski definition) is 0. The molecule has 2 heterocycles. The predicted molar refractivity (Wildman–Crippen MR) is 315 cm³/mol. The fourth-order valence-electron chi connectivity index (χ4n) is 14.5. The second kappa shape index (κ2) is 15.9. The Balaban J connectivity index is 1.21. The normalized spacial score (nSPS) is 20.0. The summed E-state index contributed by atoms with van der Waals surface area (Å²) in [5.74, 6) is 0. The van der Waals surface area contributed by atoms with Crippen molar-refractivity contribution in [1.29, 1.82) is 0 Å². The standard InChI is InChI=1S/C70H79BN2/c1-44-36-61-63-62(37-44)73(58-29-26-47(38-49(58)45-22-18-16-19-23-45)70(14,15)46-24-20-17-21-25-46)60-43-55-53(67(8,9)33-35-69(55,12)13)41-57(60)71(63)56-40-52-54(68(10,11)34-32-66(52,6)7)42-59(56)72(61)48-27-28-50-51(39-48)65(4,5)31-30-64(50,2)3/h16-29,36-43H,30-35H2,1-15H3. The van der Waals surface area contributed by atoms with Crippen molar-refractivity contribution >= 4 is 57.2 Å². The van der Waals surface area contributed by atoms with Crippen LogP contribution in [0.25, 0.3) is 11.1 Å². The average molecular weight is 959 g/mol. The van der Waals surface area contributed by atoms with Crippen molar-refractivity contribution in [2.45, 2.75) is 180 Å². The maximum absolute atomic E-state index is 2.73. The first-order chi connectivity index (χ1) is 34.3. The number of rotatable bonds is 5. The topological polar surface area (TPSA) is 6.48 Å². The number of nitrogens with zero attached hydrogens (tertiary/aromatic N) is 2. The van der Waals surface area contributed by atoms with E-state index in [0.717, 1.165) is 6.42 Å². The highest BCUT2D eigenvalue weighted by molar-refractivity contribution is 7.00. The molecule has 0 aromatic heterocycles. The molecule has 7 aromatic carbocycles. The van der Waals surface area contributed by atoms with Crippen LogP contribution >= 0.6 is 0 Å². The van der Waals surface area contributed by atoms with Crippen molar-refractivity contribution in [2.24, 2.45) is 0 Å². The van der Waals surface area contributed by atoms with Crippen molar-refractivity contribution in [2.75, 3.05) is 9.80 Å². The molecule has 3 heteroatoms. The lowest BCUT2D eigenvalue weighted by Gasteiger charge is -2.49. The van der Waals surface area contributed by atoms with Gasteiger partial charge in [0.15, 0.2) is 0 Å². The van der Waals surface area contributed by atoms with E-state index in [1.807, 2.05) is 0 Å². The summed E-state index contributed by atoms with van der Waals surface area (Å²) >= 11 is 0. The molecular weight excluding hydrogens is 880 g/mol. The Kier molecular flexibility index (Phi) is 10.5. The van der Waals surface area contributed by atoms with E-state index in [9.17, 15) is 0 Å². The van der Waals surface area contributed by atoms with Crippen molar-refractivity contribution in [1.82, 2.24) is 0 Å². The van der Waals surface area contributed by atoms with E-state index in [2.05, 4.69) is 247 Å². The summed E-state index contributed by atoms with van der Waals surface area (Å²) in [7, 11) is 0. The Bertz CT molecular complexity index is 3400. The molecule has 2 aliphatic heterocycles. The molecule has 12 rings (SSSR count). The van der Waals surface area contributed by atoms with Crippen LogP contribution in [0, 0.1) is 6.92 Å². The van der Waals surface area contributed by atoms with Crippen LogP contribution < -0.4 is 26.2 Å². The van der Waals surface area contributed by atoms with Gasteiger partial charge in [-0.15, -0.1) is 0 Å². The third kappa shape index (κ3) is 7.31. The molecule has 0 radical (unpaired) electrons. The molecule has 2 nitrogen and oxygen atoms in total. The van der Waals surface area contributed by atoms with Gasteiger partial charge in [0, 0.05) is 39.4 Å². The summed E-state index contributed by atoms with van der Waals surface area (Å²) in [4.78, 5) is 5.45. The van der Waals surface area contributed by atoms with Gasteiger partial charge in [0.1, 0.15) is 0 Å². The molecule has 3 aliphatic carbocycles. The SMILES string of the molecule is Cc1cc2c3c(c1)N(c1ccc(C(C)(C)c4ccccc4)cc1-c1ccccc1)c1cc4c(cc1B3c1cc3c(cc1N2c1ccc2c(c1)C(C)(C)CCC2(C)C)C(C)(C)CCC3(C)C)C(C)(C)CCC4(C)C. The van der Waals surface area contributed by atoms with Crippen LogP contribution in [0.2, 0.25) is 0 Å². The highest BCUT2D eigenvalue weighted by Gasteiger charge is 2.49. The summed E-state index contributed by atoms with van der Waals surface area (Å²) in [5.41, 5.74) is 27.6. The van der Waals surface area contributed by atoms with Gasteiger partial charge in [-0.1, -0.05) is 182 Å². The van der Waals surface area contributed by atoms with Crippen molar-refractivity contribution < 1.29 is 0 Å². The molecule has 5 aliphatic rings. The summed E-state index contributed by atoms with van der Waals surface area (Å²) in [6.45, 7) is 37.1. The van der Waals surface area contributed by atoms with E-state index < -0.39 is 0 Å². The summed E-state index contributed by atoms with van der Waals surface area (Å²) in [5, 5.41) is 0. The van der Waals surface area contributed by atoms with Crippen molar-refractivity contribution in [3.63, 3.8) is 0 Å². The molecule has 0 unspecified atom stereocenters. The number of benzene rings is 7. The van der Waals surface area contributed by atoms with E-state index in [4.69, 9.17) is 0 Å². The van der Waals surface area contributed by atoms with Gasteiger partial charge in [0.2, 0.25) is 0 Å². The number of anilines is 6. The maximum atomic E-state index is 2.73. The Morgan fingerprint density at radius 2 is 0.822 bits per heavy atom. The monoisotopic (exact) mass is 959 g/mol. The molecule has 7 aromatic rings. The van der Waals surface area contributed by atoms with Gasteiger partial charge in [0.25, 0.3) is 6.71 Å². The van der Waals surface area contributed by atoms with Crippen LogP contribution in [0.15, 0.2) is 133 Å². The van der Waals surface area contributed by atoms with Crippen LogP contribution in [-0.4, -0.2) is 6.71 Å². The number of fused-ring (bicyclic) bond motifs is 7. The first kappa shape index (κ1) is 48.2. The van der Waals surface area contributed by atoms with Gasteiger partial charge < -0.3 is 9.80 Å². The van der Waals surface area contributed by atoms with Crippen molar-refractivity contribution in [3.05, 3.63) is 184 Å². The summed E-state index contributed by atoms with van der Waals surface area (Å²) in [6.07, 6.45) is 7.07. The Labute approximate surface area is 439 Å². The van der Waals surface area contributed by atoms with Gasteiger partial charge in [-0.3, -0.25) is 0 Å². The Morgan fingerprint density at radius 1 is 0.384 bits per heavy atom. The highest BCUT2D eigenvalue weighted by atomic mass is 15.2. The molecule has 0 spiro atoms. The second-order valence-corrected chi connectivity index (χ2v) is 27.9. The first-order valence-corrected chi connectivity index (χ1v) is 27.8. The quantitative estimate of drug-likeness (QED) is 0.159. The third-order valence-electron chi connectivity index (χ3n) is 19.8. The summed E-state index contributed by atoms with van der Waals surface area (Å²) in [6, 6.07) is 53.2. The van der Waals surface area contributed by atoms with E-state index in [0.29, 0.717) is 0 Å². The van der Waals surface area contributed by atoms with Crippen LogP contribution in [0.1, 0.15) is 186 Å². The fraction of sp³-hybridized carbons (Fsp3) is 0.400. The molecule has 73 heavy (non-hydrogen) atoms. The van der Waals surface area contributed by atoms with Gasteiger partial charge >= 0.3 is 0 Å². The lowest BCUT2D eigenvalue weighted by molar-refractivity contribution is 0.332. The van der Waals surface area contributed by atoms with Crippen LogP contribution in [0.4, 0.5) is 34.1 Å². The predicted octanol–water partition coefficient (Wildman–Crippen LogP) is 17.1. The van der Waals surface area contributed by atoms with Crippen LogP contribution in [-0.2, 0) is 37.9 Å². The molecule has 0 atom stereocenters.